The summed E-state index contributed by atoms with van der Waals surface area (Å²) in [6.45, 7) is 3.72. The van der Waals surface area contributed by atoms with Crippen molar-refractivity contribution in [1.82, 2.24) is 14.8 Å². The zero-order valence-corrected chi connectivity index (χ0v) is 16.5. The van der Waals surface area contributed by atoms with E-state index >= 15 is 0 Å². The summed E-state index contributed by atoms with van der Waals surface area (Å²) in [5.41, 5.74) is 1.16. The largest absolute Gasteiger partial charge is 0.351 e. The number of carbonyl (C=O) groups excluding carboxylic acids is 2. The van der Waals surface area contributed by atoms with E-state index in [0.717, 1.165) is 0 Å². The molecule has 0 bridgehead atoms. The molecule has 2 heterocycles. The second kappa shape index (κ2) is 8.11. The second-order valence-corrected chi connectivity index (χ2v) is 8.63. The molecule has 0 unspecified atom stereocenters. The lowest BCUT2D eigenvalue weighted by molar-refractivity contribution is -0.114. The lowest BCUT2D eigenvalue weighted by Crippen LogP contribution is -2.46. The summed E-state index contributed by atoms with van der Waals surface area (Å²) < 4.78 is 31.9. The van der Waals surface area contributed by atoms with E-state index in [1.807, 2.05) is 0 Å². The molecule has 0 aliphatic carbocycles. The number of amides is 2. The van der Waals surface area contributed by atoms with Gasteiger partial charge < -0.3 is 15.2 Å². The third-order valence-corrected chi connectivity index (χ3v) is 6.37. The van der Waals surface area contributed by atoms with Crippen molar-refractivity contribution >= 4 is 27.5 Å². The number of rotatable bonds is 5. The zero-order chi connectivity index (χ0) is 20.3. The van der Waals surface area contributed by atoms with Gasteiger partial charge >= 0.3 is 0 Å². The maximum absolute atomic E-state index is 12.8. The highest BCUT2D eigenvalue weighted by atomic mass is 32.2. The predicted molar refractivity (Wildman–Crippen MR) is 101 cm³/mol. The molecule has 1 saturated heterocycles. The zero-order valence-electron chi connectivity index (χ0n) is 15.6. The predicted octanol–water partition coefficient (Wildman–Crippen LogP) is 1.52. The van der Waals surface area contributed by atoms with Gasteiger partial charge in [0.25, 0.3) is 5.91 Å². The molecule has 2 aromatic rings. The molecule has 0 spiro atoms. The summed E-state index contributed by atoms with van der Waals surface area (Å²) in [6.07, 6.45) is 1.00. The van der Waals surface area contributed by atoms with Gasteiger partial charge in [0, 0.05) is 37.8 Å². The first kappa shape index (κ1) is 20.0. The molecule has 150 valence electrons. The van der Waals surface area contributed by atoms with Crippen molar-refractivity contribution in [3.8, 4) is 0 Å². The summed E-state index contributed by atoms with van der Waals surface area (Å²) >= 11 is 0. The first-order valence-corrected chi connectivity index (χ1v) is 10.3. The Bertz CT molecular complexity index is 960. The van der Waals surface area contributed by atoms with E-state index in [1.165, 1.54) is 23.4 Å². The van der Waals surface area contributed by atoms with Crippen LogP contribution in [0.4, 0.5) is 5.69 Å². The molecule has 28 heavy (non-hydrogen) atoms. The van der Waals surface area contributed by atoms with Crippen LogP contribution in [0.25, 0.3) is 0 Å². The van der Waals surface area contributed by atoms with E-state index in [-0.39, 0.29) is 28.5 Å². The minimum absolute atomic E-state index is 0.133. The fourth-order valence-corrected chi connectivity index (χ4v) is 4.50. The van der Waals surface area contributed by atoms with Crippen LogP contribution < -0.4 is 10.6 Å². The number of aryl methyl sites for hydroxylation is 1. The Kier molecular flexibility index (Phi) is 5.80. The van der Waals surface area contributed by atoms with Crippen LogP contribution in [0.3, 0.4) is 0 Å². The molecule has 3 rings (SSSR count). The van der Waals surface area contributed by atoms with E-state index in [4.69, 9.17) is 4.52 Å². The number of nitrogens with one attached hydrogen (secondary N) is 2. The Labute approximate surface area is 163 Å². The van der Waals surface area contributed by atoms with E-state index in [9.17, 15) is 18.0 Å². The Morgan fingerprint density at radius 2 is 1.82 bits per heavy atom. The quantitative estimate of drug-likeness (QED) is 0.776. The number of carbonyl (C=O) groups is 2. The summed E-state index contributed by atoms with van der Waals surface area (Å²) in [7, 11) is -3.63. The van der Waals surface area contributed by atoms with Crippen LogP contribution >= 0.6 is 0 Å². The number of aromatic nitrogens is 1. The minimum Gasteiger partial charge on any atom is -0.351 e. The standard InChI is InChI=1S/C18H22N4O5S/c1-12-11-17(27-21-12)18(24)20-15-7-9-22(10-8-15)28(25,26)16-5-3-14(4-6-16)19-13(2)23/h3-6,11,15H,7-10H2,1-2H3,(H,19,23)(H,20,24). The first-order valence-electron chi connectivity index (χ1n) is 8.87. The Hall–Kier alpha value is -2.72. The monoisotopic (exact) mass is 406 g/mol. The van der Waals surface area contributed by atoms with Gasteiger partial charge in [-0.3, -0.25) is 9.59 Å². The third-order valence-electron chi connectivity index (χ3n) is 4.45. The molecule has 1 aromatic heterocycles. The molecular formula is C18H22N4O5S. The molecule has 1 aliphatic rings. The van der Waals surface area contributed by atoms with E-state index in [2.05, 4.69) is 15.8 Å². The van der Waals surface area contributed by atoms with Crippen LogP contribution in [0, 0.1) is 6.92 Å². The van der Waals surface area contributed by atoms with Crippen molar-refractivity contribution in [3.63, 3.8) is 0 Å². The minimum atomic E-state index is -3.63. The molecule has 1 fully saturated rings. The maximum atomic E-state index is 12.8. The van der Waals surface area contributed by atoms with Crippen molar-refractivity contribution in [2.45, 2.75) is 37.6 Å². The van der Waals surface area contributed by atoms with Crippen LogP contribution in [0.15, 0.2) is 39.8 Å². The molecule has 9 nitrogen and oxygen atoms in total. The van der Waals surface area contributed by atoms with Gasteiger partial charge in [-0.15, -0.1) is 0 Å². The van der Waals surface area contributed by atoms with Crippen LogP contribution in [-0.2, 0) is 14.8 Å². The highest BCUT2D eigenvalue weighted by Crippen LogP contribution is 2.22. The van der Waals surface area contributed by atoms with Crippen LogP contribution in [0.1, 0.15) is 36.0 Å². The topological polar surface area (TPSA) is 122 Å². The van der Waals surface area contributed by atoms with Crippen molar-refractivity contribution in [2.75, 3.05) is 18.4 Å². The molecular weight excluding hydrogens is 384 g/mol. The van der Waals surface area contributed by atoms with Gasteiger partial charge in [0.15, 0.2) is 0 Å². The molecule has 2 amide bonds. The number of nitrogens with zero attached hydrogens (tertiary/aromatic N) is 2. The van der Waals surface area contributed by atoms with Gasteiger partial charge in [0.05, 0.1) is 10.6 Å². The van der Waals surface area contributed by atoms with Gasteiger partial charge in [0.2, 0.25) is 21.7 Å². The third kappa shape index (κ3) is 4.57. The van der Waals surface area contributed by atoms with Crippen molar-refractivity contribution in [1.29, 1.82) is 0 Å². The number of piperidine rings is 1. The van der Waals surface area contributed by atoms with Crippen molar-refractivity contribution in [3.05, 3.63) is 41.8 Å². The van der Waals surface area contributed by atoms with Crippen molar-refractivity contribution < 1.29 is 22.5 Å². The SMILES string of the molecule is CC(=O)Nc1ccc(S(=O)(=O)N2CCC(NC(=O)c3cc(C)no3)CC2)cc1. The lowest BCUT2D eigenvalue weighted by Gasteiger charge is -2.31. The molecule has 0 atom stereocenters. The molecule has 2 N–H and O–H groups in total. The average molecular weight is 406 g/mol. The Morgan fingerprint density at radius 3 is 2.36 bits per heavy atom. The summed E-state index contributed by atoms with van der Waals surface area (Å²) in [4.78, 5) is 23.4. The fraction of sp³-hybridized carbons (Fsp3) is 0.389. The number of sulfonamides is 1. The van der Waals surface area contributed by atoms with Crippen LogP contribution in [0.2, 0.25) is 0 Å². The number of hydrogen-bond donors (Lipinski definition) is 2. The maximum Gasteiger partial charge on any atom is 0.290 e. The lowest BCUT2D eigenvalue weighted by atomic mass is 10.1. The van der Waals surface area contributed by atoms with Gasteiger partial charge in [-0.2, -0.15) is 4.31 Å². The van der Waals surface area contributed by atoms with Gasteiger partial charge in [-0.1, -0.05) is 5.16 Å². The number of anilines is 1. The first-order chi connectivity index (χ1) is 13.3. The fourth-order valence-electron chi connectivity index (χ4n) is 3.03. The van der Waals surface area contributed by atoms with Gasteiger partial charge in [-0.05, 0) is 44.0 Å². The molecule has 0 radical (unpaired) electrons. The highest BCUT2D eigenvalue weighted by Gasteiger charge is 2.30. The van der Waals surface area contributed by atoms with E-state index in [0.29, 0.717) is 37.3 Å². The summed E-state index contributed by atoms with van der Waals surface area (Å²) in [5, 5.41) is 9.14. The van der Waals surface area contributed by atoms with Crippen molar-refractivity contribution in [2.24, 2.45) is 0 Å². The molecule has 1 aliphatic heterocycles. The molecule has 10 heteroatoms. The van der Waals surface area contributed by atoms with E-state index in [1.54, 1.807) is 25.1 Å². The molecule has 1 aromatic carbocycles. The van der Waals surface area contributed by atoms with Gasteiger partial charge in [-0.25, -0.2) is 8.42 Å². The summed E-state index contributed by atoms with van der Waals surface area (Å²) in [6, 6.07) is 7.48. The smallest absolute Gasteiger partial charge is 0.290 e. The Balaban J connectivity index is 1.58. The second-order valence-electron chi connectivity index (χ2n) is 6.69. The molecule has 0 saturated carbocycles. The summed E-state index contributed by atoms with van der Waals surface area (Å²) in [5.74, 6) is -0.428. The number of benzene rings is 1. The van der Waals surface area contributed by atoms with Crippen LogP contribution in [-0.4, -0.2) is 48.8 Å². The Morgan fingerprint density at radius 1 is 1.18 bits per heavy atom. The average Bonchev–Trinajstić information content (AvgIpc) is 3.09. The normalized spacial score (nSPS) is 15.9. The van der Waals surface area contributed by atoms with E-state index < -0.39 is 10.0 Å². The van der Waals surface area contributed by atoms with Crippen LogP contribution in [0.5, 0.6) is 0 Å². The van der Waals surface area contributed by atoms with Gasteiger partial charge in [0.1, 0.15) is 0 Å². The highest BCUT2D eigenvalue weighted by molar-refractivity contribution is 7.89. The number of hydrogen-bond acceptors (Lipinski definition) is 6.